The van der Waals surface area contributed by atoms with Crippen LogP contribution in [0.25, 0.3) is 0 Å². The van der Waals surface area contributed by atoms with Crippen LogP contribution in [0.1, 0.15) is 37.3 Å². The molecule has 0 radical (unpaired) electrons. The van der Waals surface area contributed by atoms with E-state index >= 15 is 0 Å². The number of hydrogen-bond donors (Lipinski definition) is 2. The molecular formula is C19H22N2O4S. The van der Waals surface area contributed by atoms with Crippen molar-refractivity contribution in [3.05, 3.63) is 53.6 Å². The first-order valence-electron chi connectivity index (χ1n) is 8.48. The number of sulfonamides is 1. The molecule has 1 heterocycles. The normalized spacial score (nSPS) is 16.7. The maximum absolute atomic E-state index is 12.7. The largest absolute Gasteiger partial charge is 0.480 e. The zero-order chi connectivity index (χ0) is 18.9. The van der Waals surface area contributed by atoms with Crippen molar-refractivity contribution in [2.75, 3.05) is 4.72 Å². The van der Waals surface area contributed by atoms with Gasteiger partial charge in [0.25, 0.3) is 15.9 Å². The van der Waals surface area contributed by atoms with Gasteiger partial charge in [-0.15, -0.1) is 0 Å². The van der Waals surface area contributed by atoms with E-state index in [0.29, 0.717) is 30.2 Å². The van der Waals surface area contributed by atoms with Gasteiger partial charge in [-0.1, -0.05) is 26.0 Å². The minimum atomic E-state index is -3.71. The van der Waals surface area contributed by atoms with Gasteiger partial charge in [-0.05, 0) is 60.2 Å². The summed E-state index contributed by atoms with van der Waals surface area (Å²) in [5, 5.41) is 0. The predicted octanol–water partition coefficient (Wildman–Crippen LogP) is 2.79. The van der Waals surface area contributed by atoms with E-state index in [9.17, 15) is 13.2 Å². The van der Waals surface area contributed by atoms with Gasteiger partial charge in [0.05, 0.1) is 4.90 Å². The molecule has 1 aliphatic heterocycles. The Morgan fingerprint density at radius 1 is 1.19 bits per heavy atom. The summed E-state index contributed by atoms with van der Waals surface area (Å²) < 4.78 is 33.4. The summed E-state index contributed by atoms with van der Waals surface area (Å²) in [7, 11) is -3.71. The molecule has 138 valence electrons. The summed E-state index contributed by atoms with van der Waals surface area (Å²) in [4.78, 5) is 11.4. The van der Waals surface area contributed by atoms with E-state index in [0.717, 1.165) is 11.1 Å². The maximum Gasteiger partial charge on any atom is 0.261 e. The van der Waals surface area contributed by atoms with E-state index in [1.807, 2.05) is 12.1 Å². The molecule has 1 amide bonds. The van der Waals surface area contributed by atoms with Gasteiger partial charge in [-0.2, -0.15) is 0 Å². The molecule has 0 fully saturated rings. The lowest BCUT2D eigenvalue weighted by Gasteiger charge is -2.24. The Morgan fingerprint density at radius 3 is 2.50 bits per heavy atom. The zero-order valence-electron chi connectivity index (χ0n) is 14.7. The summed E-state index contributed by atoms with van der Waals surface area (Å²) >= 11 is 0. The van der Waals surface area contributed by atoms with E-state index in [4.69, 9.17) is 10.5 Å². The molecule has 1 aliphatic rings. The highest BCUT2D eigenvalue weighted by atomic mass is 32.2. The van der Waals surface area contributed by atoms with Crippen LogP contribution in [-0.4, -0.2) is 20.4 Å². The second-order valence-corrected chi connectivity index (χ2v) is 8.38. The Hall–Kier alpha value is -2.54. The van der Waals surface area contributed by atoms with E-state index < -0.39 is 22.0 Å². The molecule has 0 saturated carbocycles. The van der Waals surface area contributed by atoms with Gasteiger partial charge in [-0.25, -0.2) is 8.42 Å². The van der Waals surface area contributed by atoms with Gasteiger partial charge in [-0.3, -0.25) is 9.52 Å². The Kier molecular flexibility index (Phi) is 4.91. The standard InChI is InChI=1S/C19H22N2O4S/c1-12(2)13-3-6-15(7-4-13)21-26(23,24)16-8-10-17-14(11-16)5-9-18(25-17)19(20)22/h3-4,6-8,10-12,18,21H,5,9H2,1-2H3,(H2,20,22). The van der Waals surface area contributed by atoms with Gasteiger partial charge >= 0.3 is 0 Å². The number of amides is 1. The molecule has 0 spiro atoms. The second-order valence-electron chi connectivity index (χ2n) is 6.70. The molecule has 2 aromatic carbocycles. The molecule has 3 N–H and O–H groups in total. The number of carbonyl (C=O) groups excluding carboxylic acids is 1. The van der Waals surface area contributed by atoms with Crippen molar-refractivity contribution < 1.29 is 17.9 Å². The molecule has 1 unspecified atom stereocenters. The quantitative estimate of drug-likeness (QED) is 0.841. The van der Waals surface area contributed by atoms with Crippen LogP contribution >= 0.6 is 0 Å². The van der Waals surface area contributed by atoms with Crippen molar-refractivity contribution in [2.45, 2.75) is 43.6 Å². The topological polar surface area (TPSA) is 98.5 Å². The number of fused-ring (bicyclic) bond motifs is 1. The van der Waals surface area contributed by atoms with Crippen molar-refractivity contribution in [3.63, 3.8) is 0 Å². The molecule has 3 rings (SSSR count). The number of hydrogen-bond acceptors (Lipinski definition) is 4. The average Bonchev–Trinajstić information content (AvgIpc) is 2.60. The fourth-order valence-electron chi connectivity index (χ4n) is 2.88. The fraction of sp³-hybridized carbons (Fsp3) is 0.316. The molecule has 1 atom stereocenters. The van der Waals surface area contributed by atoms with Gasteiger partial charge in [0, 0.05) is 5.69 Å². The van der Waals surface area contributed by atoms with Gasteiger partial charge < -0.3 is 10.5 Å². The SMILES string of the molecule is CC(C)c1ccc(NS(=O)(=O)c2ccc3c(c2)CCC(C(N)=O)O3)cc1. The Labute approximate surface area is 153 Å². The Bertz CT molecular complexity index is 921. The first-order valence-corrected chi connectivity index (χ1v) is 9.96. The summed E-state index contributed by atoms with van der Waals surface area (Å²) in [6, 6.07) is 11.9. The van der Waals surface area contributed by atoms with Gasteiger partial charge in [0.15, 0.2) is 6.10 Å². The first kappa shape index (κ1) is 18.3. The summed E-state index contributed by atoms with van der Waals surface area (Å²) in [6.45, 7) is 4.16. The van der Waals surface area contributed by atoms with Crippen molar-refractivity contribution >= 4 is 21.6 Å². The first-order chi connectivity index (χ1) is 12.3. The number of benzene rings is 2. The smallest absolute Gasteiger partial charge is 0.261 e. The van der Waals surface area contributed by atoms with E-state index in [1.165, 1.54) is 6.07 Å². The highest BCUT2D eigenvalue weighted by molar-refractivity contribution is 7.92. The lowest BCUT2D eigenvalue weighted by molar-refractivity contribution is -0.125. The van der Waals surface area contributed by atoms with Crippen LogP contribution in [0.2, 0.25) is 0 Å². The van der Waals surface area contributed by atoms with E-state index in [-0.39, 0.29) is 4.90 Å². The number of ether oxygens (including phenoxy) is 1. The van der Waals surface area contributed by atoms with Gasteiger partial charge in [0.1, 0.15) is 5.75 Å². The minimum Gasteiger partial charge on any atom is -0.480 e. The van der Waals surface area contributed by atoms with Crippen LogP contribution < -0.4 is 15.2 Å². The Balaban J connectivity index is 1.81. The third kappa shape index (κ3) is 3.83. The molecule has 0 bridgehead atoms. The summed E-state index contributed by atoms with van der Waals surface area (Å²) in [5.74, 6) is 0.365. The number of primary amides is 1. The number of nitrogens with one attached hydrogen (secondary N) is 1. The summed E-state index contributed by atoms with van der Waals surface area (Å²) in [5.41, 5.74) is 7.67. The predicted molar refractivity (Wildman–Crippen MR) is 99.7 cm³/mol. The highest BCUT2D eigenvalue weighted by Gasteiger charge is 2.25. The monoisotopic (exact) mass is 374 g/mol. The number of aryl methyl sites for hydroxylation is 1. The fourth-order valence-corrected chi connectivity index (χ4v) is 3.99. The average molecular weight is 374 g/mol. The van der Waals surface area contributed by atoms with Gasteiger partial charge in [0.2, 0.25) is 0 Å². The number of nitrogens with two attached hydrogens (primary N) is 1. The third-order valence-electron chi connectivity index (χ3n) is 4.43. The van der Waals surface area contributed by atoms with Crippen LogP contribution in [0, 0.1) is 0 Å². The highest BCUT2D eigenvalue weighted by Crippen LogP contribution is 2.30. The van der Waals surface area contributed by atoms with Crippen molar-refractivity contribution in [1.29, 1.82) is 0 Å². The molecule has 26 heavy (non-hydrogen) atoms. The lowest BCUT2D eigenvalue weighted by atomic mass is 10.0. The van der Waals surface area contributed by atoms with E-state index in [2.05, 4.69) is 18.6 Å². The molecule has 7 heteroatoms. The van der Waals surface area contributed by atoms with Crippen molar-refractivity contribution in [3.8, 4) is 5.75 Å². The third-order valence-corrected chi connectivity index (χ3v) is 5.81. The lowest BCUT2D eigenvalue weighted by Crippen LogP contribution is -2.36. The van der Waals surface area contributed by atoms with Crippen LogP contribution in [-0.2, 0) is 21.2 Å². The minimum absolute atomic E-state index is 0.158. The van der Waals surface area contributed by atoms with E-state index in [1.54, 1.807) is 24.3 Å². The molecule has 0 aliphatic carbocycles. The summed E-state index contributed by atoms with van der Waals surface area (Å²) in [6.07, 6.45) is 0.313. The van der Waals surface area contributed by atoms with Crippen molar-refractivity contribution in [1.82, 2.24) is 0 Å². The molecule has 2 aromatic rings. The van der Waals surface area contributed by atoms with Crippen molar-refractivity contribution in [2.24, 2.45) is 5.73 Å². The second kappa shape index (κ2) is 6.99. The van der Waals surface area contributed by atoms with Crippen LogP contribution in [0.3, 0.4) is 0 Å². The number of anilines is 1. The zero-order valence-corrected chi connectivity index (χ0v) is 15.5. The number of rotatable bonds is 5. The molecule has 0 saturated heterocycles. The van der Waals surface area contributed by atoms with Crippen LogP contribution in [0.4, 0.5) is 5.69 Å². The maximum atomic E-state index is 12.7. The molecule has 0 aromatic heterocycles. The van der Waals surface area contributed by atoms with Crippen LogP contribution in [0.15, 0.2) is 47.4 Å². The molecular weight excluding hydrogens is 352 g/mol. The van der Waals surface area contributed by atoms with Crippen LogP contribution in [0.5, 0.6) is 5.75 Å². The number of carbonyl (C=O) groups is 1. The molecule has 6 nitrogen and oxygen atoms in total. The Morgan fingerprint density at radius 2 is 1.88 bits per heavy atom.